The standard InChI is InChI=1S/C25H24N6O2/c1-33-24-21(26)13-19(14-28-24)16-5-6-22-20(12-16)23(30-15-29-22)17-3-2-4-18(11-17)25(32)31-9-7-27-8-10-31/h2-6,11-15,27H,7-10,26H2,1H3. The highest BCUT2D eigenvalue weighted by molar-refractivity contribution is 5.98. The van der Waals surface area contributed by atoms with E-state index in [0.717, 1.165) is 46.4 Å². The lowest BCUT2D eigenvalue weighted by molar-refractivity contribution is 0.0736. The van der Waals surface area contributed by atoms with Gasteiger partial charge in [-0.15, -0.1) is 0 Å². The number of fused-ring (bicyclic) bond motifs is 1. The molecule has 0 spiro atoms. The molecule has 8 nitrogen and oxygen atoms in total. The van der Waals surface area contributed by atoms with E-state index in [1.165, 1.54) is 0 Å². The van der Waals surface area contributed by atoms with Crippen molar-refractivity contribution in [3.05, 3.63) is 66.6 Å². The Labute approximate surface area is 191 Å². The highest BCUT2D eigenvalue weighted by atomic mass is 16.5. The number of nitrogens with two attached hydrogens (primary N) is 1. The van der Waals surface area contributed by atoms with E-state index in [4.69, 9.17) is 10.5 Å². The van der Waals surface area contributed by atoms with E-state index in [1.807, 2.05) is 53.4 Å². The number of ether oxygens (including phenoxy) is 1. The van der Waals surface area contributed by atoms with Crippen LogP contribution in [0, 0.1) is 0 Å². The van der Waals surface area contributed by atoms with Crippen LogP contribution in [0.2, 0.25) is 0 Å². The maximum absolute atomic E-state index is 13.0. The third kappa shape index (κ3) is 4.08. The number of rotatable bonds is 4. The number of carbonyl (C=O) groups excluding carboxylic acids is 1. The number of carbonyl (C=O) groups is 1. The monoisotopic (exact) mass is 440 g/mol. The number of benzene rings is 2. The maximum Gasteiger partial charge on any atom is 0.253 e. The minimum absolute atomic E-state index is 0.0391. The number of piperazine rings is 1. The quantitative estimate of drug-likeness (QED) is 0.502. The zero-order valence-corrected chi connectivity index (χ0v) is 18.3. The fourth-order valence-corrected chi connectivity index (χ4v) is 4.11. The topological polar surface area (TPSA) is 106 Å². The lowest BCUT2D eigenvalue weighted by Crippen LogP contribution is -2.46. The van der Waals surface area contributed by atoms with Gasteiger partial charge in [-0.2, -0.15) is 0 Å². The fourth-order valence-electron chi connectivity index (χ4n) is 4.11. The first-order valence-corrected chi connectivity index (χ1v) is 10.8. The van der Waals surface area contributed by atoms with E-state index < -0.39 is 0 Å². The van der Waals surface area contributed by atoms with Crippen LogP contribution in [0.4, 0.5) is 5.69 Å². The van der Waals surface area contributed by atoms with Crippen LogP contribution in [0.15, 0.2) is 61.1 Å². The normalized spacial score (nSPS) is 13.8. The smallest absolute Gasteiger partial charge is 0.253 e. The van der Waals surface area contributed by atoms with Gasteiger partial charge in [0.25, 0.3) is 5.91 Å². The molecule has 0 atom stereocenters. The number of nitrogen functional groups attached to an aromatic ring is 1. The first-order valence-electron chi connectivity index (χ1n) is 10.8. The van der Waals surface area contributed by atoms with Crippen molar-refractivity contribution in [3.8, 4) is 28.3 Å². The molecule has 3 heterocycles. The summed E-state index contributed by atoms with van der Waals surface area (Å²) in [7, 11) is 1.54. The van der Waals surface area contributed by atoms with E-state index in [1.54, 1.807) is 19.6 Å². The molecular weight excluding hydrogens is 416 g/mol. The molecule has 1 fully saturated rings. The number of hydrogen-bond donors (Lipinski definition) is 2. The molecule has 4 aromatic rings. The zero-order chi connectivity index (χ0) is 22.8. The Bertz CT molecular complexity index is 1330. The molecule has 1 aliphatic heterocycles. The van der Waals surface area contributed by atoms with Crippen LogP contribution in [0.25, 0.3) is 33.3 Å². The van der Waals surface area contributed by atoms with Crippen LogP contribution in [0.1, 0.15) is 10.4 Å². The molecule has 1 saturated heterocycles. The number of nitrogens with one attached hydrogen (secondary N) is 1. The Balaban J connectivity index is 1.55. The molecule has 0 unspecified atom stereocenters. The lowest BCUT2D eigenvalue weighted by Gasteiger charge is -2.27. The maximum atomic E-state index is 13.0. The third-order valence-electron chi connectivity index (χ3n) is 5.83. The van der Waals surface area contributed by atoms with E-state index in [-0.39, 0.29) is 5.91 Å². The minimum atomic E-state index is 0.0391. The molecule has 0 aliphatic carbocycles. The van der Waals surface area contributed by atoms with Gasteiger partial charge < -0.3 is 20.7 Å². The summed E-state index contributed by atoms with van der Waals surface area (Å²) in [5.41, 5.74) is 11.4. The number of aromatic nitrogens is 3. The molecule has 3 N–H and O–H groups in total. The highest BCUT2D eigenvalue weighted by Gasteiger charge is 2.19. The van der Waals surface area contributed by atoms with Crippen molar-refractivity contribution < 1.29 is 9.53 Å². The number of pyridine rings is 1. The summed E-state index contributed by atoms with van der Waals surface area (Å²) >= 11 is 0. The highest BCUT2D eigenvalue weighted by Crippen LogP contribution is 2.32. The van der Waals surface area contributed by atoms with Crippen molar-refractivity contribution >= 4 is 22.5 Å². The SMILES string of the molecule is COc1ncc(-c2ccc3ncnc(-c4cccc(C(=O)N5CCNCC5)c4)c3c2)cc1N. The van der Waals surface area contributed by atoms with Crippen LogP contribution in [-0.2, 0) is 0 Å². The van der Waals surface area contributed by atoms with Crippen molar-refractivity contribution in [1.82, 2.24) is 25.2 Å². The number of nitrogens with zero attached hydrogens (tertiary/aromatic N) is 4. The zero-order valence-electron chi connectivity index (χ0n) is 18.3. The van der Waals surface area contributed by atoms with Gasteiger partial charge in [0.15, 0.2) is 0 Å². The van der Waals surface area contributed by atoms with Crippen molar-refractivity contribution in [2.45, 2.75) is 0 Å². The third-order valence-corrected chi connectivity index (χ3v) is 5.83. The molecule has 33 heavy (non-hydrogen) atoms. The molecule has 1 aliphatic rings. The van der Waals surface area contributed by atoms with E-state index in [0.29, 0.717) is 30.2 Å². The number of methoxy groups -OCH3 is 1. The number of anilines is 1. The van der Waals surface area contributed by atoms with Crippen LogP contribution < -0.4 is 15.8 Å². The molecule has 0 bridgehead atoms. The van der Waals surface area contributed by atoms with Gasteiger partial charge in [0.1, 0.15) is 6.33 Å². The van der Waals surface area contributed by atoms with Gasteiger partial charge in [-0.25, -0.2) is 15.0 Å². The average Bonchev–Trinajstić information content (AvgIpc) is 2.88. The molecule has 0 saturated carbocycles. The lowest BCUT2D eigenvalue weighted by atomic mass is 10.00. The van der Waals surface area contributed by atoms with Crippen molar-refractivity contribution in [1.29, 1.82) is 0 Å². The Hall–Kier alpha value is -4.04. The van der Waals surface area contributed by atoms with Crippen molar-refractivity contribution in [2.75, 3.05) is 39.0 Å². The molecule has 0 radical (unpaired) electrons. The van der Waals surface area contributed by atoms with Gasteiger partial charge in [0.05, 0.1) is 24.0 Å². The second kappa shape index (κ2) is 8.84. The van der Waals surface area contributed by atoms with E-state index in [2.05, 4.69) is 20.3 Å². The summed E-state index contributed by atoms with van der Waals surface area (Å²) in [6.45, 7) is 3.05. The molecule has 5 rings (SSSR count). The summed E-state index contributed by atoms with van der Waals surface area (Å²) < 4.78 is 5.17. The molecule has 8 heteroatoms. The predicted octanol–water partition coefficient (Wildman–Crippen LogP) is 3.00. The van der Waals surface area contributed by atoms with Crippen molar-refractivity contribution in [2.24, 2.45) is 0 Å². The summed E-state index contributed by atoms with van der Waals surface area (Å²) in [6.07, 6.45) is 3.28. The minimum Gasteiger partial charge on any atom is -0.480 e. The molecule has 2 aromatic carbocycles. The Morgan fingerprint density at radius 2 is 1.85 bits per heavy atom. The molecule has 2 aromatic heterocycles. The molecule has 166 valence electrons. The van der Waals surface area contributed by atoms with Gasteiger partial charge in [0, 0.05) is 54.5 Å². The summed E-state index contributed by atoms with van der Waals surface area (Å²) in [6, 6.07) is 15.4. The Kier molecular flexibility index (Phi) is 5.58. The largest absolute Gasteiger partial charge is 0.480 e. The van der Waals surface area contributed by atoms with Crippen LogP contribution >= 0.6 is 0 Å². The van der Waals surface area contributed by atoms with Gasteiger partial charge in [-0.3, -0.25) is 4.79 Å². The van der Waals surface area contributed by atoms with Crippen LogP contribution in [0.5, 0.6) is 5.88 Å². The first-order chi connectivity index (χ1) is 16.1. The predicted molar refractivity (Wildman–Crippen MR) is 128 cm³/mol. The Morgan fingerprint density at radius 3 is 2.64 bits per heavy atom. The second-order valence-electron chi connectivity index (χ2n) is 7.90. The number of amides is 1. The van der Waals surface area contributed by atoms with E-state index in [9.17, 15) is 4.79 Å². The Morgan fingerprint density at radius 1 is 1.00 bits per heavy atom. The second-order valence-corrected chi connectivity index (χ2v) is 7.90. The van der Waals surface area contributed by atoms with Crippen molar-refractivity contribution in [3.63, 3.8) is 0 Å². The average molecular weight is 441 g/mol. The first kappa shape index (κ1) is 20.8. The van der Waals surface area contributed by atoms with Gasteiger partial charge >= 0.3 is 0 Å². The van der Waals surface area contributed by atoms with Gasteiger partial charge in [-0.05, 0) is 35.9 Å². The van der Waals surface area contributed by atoms with Gasteiger partial charge in [0.2, 0.25) is 5.88 Å². The molecule has 1 amide bonds. The fraction of sp³-hybridized carbons (Fsp3) is 0.200. The van der Waals surface area contributed by atoms with E-state index >= 15 is 0 Å². The van der Waals surface area contributed by atoms with Crippen LogP contribution in [-0.4, -0.2) is 59.0 Å². The van der Waals surface area contributed by atoms with Crippen LogP contribution in [0.3, 0.4) is 0 Å². The molecular formula is C25H24N6O2. The van der Waals surface area contributed by atoms with Gasteiger partial charge in [-0.1, -0.05) is 18.2 Å². The summed E-state index contributed by atoms with van der Waals surface area (Å²) in [4.78, 5) is 28.2. The summed E-state index contributed by atoms with van der Waals surface area (Å²) in [5.74, 6) is 0.437. The number of hydrogen-bond acceptors (Lipinski definition) is 7. The summed E-state index contributed by atoms with van der Waals surface area (Å²) in [5, 5.41) is 4.16.